The van der Waals surface area contributed by atoms with Crippen molar-refractivity contribution in [1.29, 1.82) is 0 Å². The topological polar surface area (TPSA) is 18.5 Å². The first-order chi connectivity index (χ1) is 14.5. The third-order valence-electron chi connectivity index (χ3n) is 7.24. The van der Waals surface area contributed by atoms with E-state index in [0.29, 0.717) is 5.54 Å². The van der Waals surface area contributed by atoms with Crippen LogP contribution >= 0.6 is 0 Å². The lowest BCUT2D eigenvalue weighted by molar-refractivity contribution is 0.00578. The van der Waals surface area contributed by atoms with Crippen LogP contribution in [0.4, 0.5) is 0 Å². The van der Waals surface area contributed by atoms with E-state index in [1.807, 2.05) is 0 Å². The van der Waals surface area contributed by atoms with Crippen LogP contribution in [0.3, 0.4) is 0 Å². The fourth-order valence-corrected chi connectivity index (χ4v) is 8.41. The summed E-state index contributed by atoms with van der Waals surface area (Å²) >= 11 is 0. The summed E-state index contributed by atoms with van der Waals surface area (Å²) in [7, 11) is -1.85. The van der Waals surface area contributed by atoms with Gasteiger partial charge in [-0.15, -0.1) is 0 Å². The smallest absolute Gasteiger partial charge is 0.403 e. The monoisotopic (exact) mass is 434 g/mol. The van der Waals surface area contributed by atoms with E-state index in [0.717, 1.165) is 19.2 Å². The number of rotatable bonds is 8. The Labute approximate surface area is 191 Å². The summed E-state index contributed by atoms with van der Waals surface area (Å²) in [6.07, 6.45) is 5.52. The Morgan fingerprint density at radius 2 is 1.42 bits per heavy atom. The van der Waals surface area contributed by atoms with Crippen LogP contribution in [-0.4, -0.2) is 26.4 Å². The predicted octanol–water partition coefficient (Wildman–Crippen LogP) is 6.74. The molecule has 1 saturated heterocycles. The molecule has 2 nitrogen and oxygen atoms in total. The molecule has 2 aromatic carbocycles. The highest BCUT2D eigenvalue weighted by atomic mass is 28.3. The van der Waals surface area contributed by atoms with Crippen LogP contribution in [0.2, 0.25) is 19.4 Å². The molecule has 1 heterocycles. The summed E-state index contributed by atoms with van der Waals surface area (Å²) < 4.78 is 12.3. The van der Waals surface area contributed by atoms with E-state index >= 15 is 0 Å². The van der Waals surface area contributed by atoms with Crippen LogP contribution in [0.15, 0.2) is 72.3 Å². The summed E-state index contributed by atoms with van der Waals surface area (Å²) in [5.74, 6) is 0. The molecule has 1 aliphatic rings. The van der Waals surface area contributed by atoms with Gasteiger partial charge in [-0.3, -0.25) is 0 Å². The summed E-state index contributed by atoms with van der Waals surface area (Å²) in [6.45, 7) is 15.8. The number of hydrogen-bond donors (Lipinski definition) is 0. The van der Waals surface area contributed by atoms with Gasteiger partial charge in [-0.1, -0.05) is 97.0 Å². The van der Waals surface area contributed by atoms with Crippen LogP contribution in [-0.2, 0) is 9.31 Å². The van der Waals surface area contributed by atoms with E-state index in [1.165, 1.54) is 16.3 Å². The van der Waals surface area contributed by atoms with Crippen molar-refractivity contribution in [3.63, 3.8) is 0 Å². The summed E-state index contributed by atoms with van der Waals surface area (Å²) in [4.78, 5) is 0. The van der Waals surface area contributed by atoms with E-state index in [9.17, 15) is 0 Å². The van der Waals surface area contributed by atoms with Gasteiger partial charge in [0.15, 0.2) is 0 Å². The van der Waals surface area contributed by atoms with Crippen molar-refractivity contribution < 1.29 is 9.31 Å². The number of hydrogen-bond acceptors (Lipinski definition) is 2. The van der Waals surface area contributed by atoms with Gasteiger partial charge in [0.2, 0.25) is 0 Å². The zero-order valence-corrected chi connectivity index (χ0v) is 21.4. The maximum absolute atomic E-state index is 6.16. The molecule has 1 unspecified atom stereocenters. The van der Waals surface area contributed by atoms with Crippen LogP contribution in [0.25, 0.3) is 0 Å². The van der Waals surface area contributed by atoms with Gasteiger partial charge in [0.25, 0.3) is 0 Å². The Kier molecular flexibility index (Phi) is 7.35. The normalized spacial score (nSPS) is 19.5. The molecule has 0 amide bonds. The Hall–Kier alpha value is -1.62. The fourth-order valence-electron chi connectivity index (χ4n) is 4.74. The molecular weight excluding hydrogens is 395 g/mol. The predicted molar refractivity (Wildman–Crippen MR) is 137 cm³/mol. The first kappa shape index (κ1) is 24.0. The second-order valence-corrected chi connectivity index (χ2v) is 15.1. The molecule has 0 saturated carbocycles. The molecule has 1 fully saturated rings. The summed E-state index contributed by atoms with van der Waals surface area (Å²) in [5.41, 5.74) is 2.90. The maximum atomic E-state index is 6.16. The Morgan fingerprint density at radius 3 is 1.97 bits per heavy atom. The molecule has 3 rings (SSSR count). The van der Waals surface area contributed by atoms with Gasteiger partial charge in [-0.2, -0.15) is 0 Å². The second kappa shape index (κ2) is 9.48. The van der Waals surface area contributed by atoms with E-state index in [-0.39, 0.29) is 18.3 Å². The Bertz CT molecular complexity index is 859. The average Bonchev–Trinajstić information content (AvgIpc) is 2.93. The molecule has 0 aliphatic carbocycles. The molecule has 166 valence electrons. The third-order valence-corrected chi connectivity index (χ3v) is 11.3. The maximum Gasteiger partial charge on any atom is 0.457 e. The van der Waals surface area contributed by atoms with Crippen molar-refractivity contribution in [3.8, 4) is 0 Å². The summed E-state index contributed by atoms with van der Waals surface area (Å²) in [6, 6.07) is 22.1. The van der Waals surface area contributed by atoms with Gasteiger partial charge in [0.1, 0.15) is 0 Å². The molecule has 0 spiro atoms. The first-order valence-corrected chi connectivity index (χ1v) is 14.7. The molecule has 2 aromatic rings. The van der Waals surface area contributed by atoms with Gasteiger partial charge in [-0.05, 0) is 52.9 Å². The highest BCUT2D eigenvalue weighted by Gasteiger charge is 2.50. The quantitative estimate of drug-likeness (QED) is 0.260. The van der Waals surface area contributed by atoms with Crippen molar-refractivity contribution in [2.24, 2.45) is 0 Å². The van der Waals surface area contributed by atoms with Crippen LogP contribution in [0.1, 0.15) is 58.6 Å². The highest BCUT2D eigenvalue weighted by molar-refractivity contribution is 6.91. The SMILES string of the molecule is C/C(=C\CCCB1OC(C)(C)C(C)(C)O1)C(c1ccccc1)[Si](C)(C)c1ccccc1. The van der Waals surface area contributed by atoms with Crippen LogP contribution in [0, 0.1) is 0 Å². The molecule has 0 radical (unpaired) electrons. The fraction of sp³-hybridized carbons (Fsp3) is 0.481. The average molecular weight is 435 g/mol. The molecule has 31 heavy (non-hydrogen) atoms. The zero-order chi connectivity index (χ0) is 22.7. The van der Waals surface area contributed by atoms with Crippen molar-refractivity contribution in [2.45, 2.75) is 83.6 Å². The van der Waals surface area contributed by atoms with Gasteiger partial charge >= 0.3 is 7.12 Å². The minimum Gasteiger partial charge on any atom is -0.403 e. The molecule has 0 N–H and O–H groups in total. The Morgan fingerprint density at radius 1 is 0.903 bits per heavy atom. The van der Waals surface area contributed by atoms with Crippen LogP contribution in [0.5, 0.6) is 0 Å². The Balaban J connectivity index is 1.72. The minimum atomic E-state index is -1.75. The van der Waals surface area contributed by atoms with Crippen LogP contribution < -0.4 is 5.19 Å². The summed E-state index contributed by atoms with van der Waals surface area (Å²) in [5, 5.41) is 1.51. The lowest BCUT2D eigenvalue weighted by atomic mass is 9.82. The first-order valence-electron chi connectivity index (χ1n) is 11.7. The lowest BCUT2D eigenvalue weighted by Gasteiger charge is -2.34. The zero-order valence-electron chi connectivity index (χ0n) is 20.4. The van der Waals surface area contributed by atoms with Gasteiger partial charge in [0, 0.05) is 5.54 Å². The van der Waals surface area contributed by atoms with Crippen molar-refractivity contribution in [1.82, 2.24) is 0 Å². The lowest BCUT2D eigenvalue weighted by Crippen LogP contribution is -2.48. The number of unbranched alkanes of at least 4 members (excludes halogenated alkanes) is 1. The van der Waals surface area contributed by atoms with E-state index in [4.69, 9.17) is 9.31 Å². The van der Waals surface area contributed by atoms with Gasteiger partial charge < -0.3 is 9.31 Å². The van der Waals surface area contributed by atoms with Gasteiger partial charge in [-0.25, -0.2) is 0 Å². The van der Waals surface area contributed by atoms with Gasteiger partial charge in [0.05, 0.1) is 19.3 Å². The highest BCUT2D eigenvalue weighted by Crippen LogP contribution is 2.38. The molecule has 0 bridgehead atoms. The standard InChI is InChI=1S/C27H39BO2Si/c1-22(16-14-15-21-28-29-26(2,3)27(4,5)30-28)25(23-17-10-8-11-18-23)31(6,7)24-19-12-9-13-20-24/h8-13,16-20,25H,14-15,21H2,1-7H3/b22-16+. The third kappa shape index (κ3) is 5.42. The van der Waals surface area contributed by atoms with E-state index in [2.05, 4.69) is 114 Å². The van der Waals surface area contributed by atoms with Crippen molar-refractivity contribution >= 4 is 20.4 Å². The minimum absolute atomic E-state index is 0.0984. The number of benzene rings is 2. The van der Waals surface area contributed by atoms with Crippen molar-refractivity contribution in [2.75, 3.05) is 0 Å². The van der Waals surface area contributed by atoms with E-state index in [1.54, 1.807) is 0 Å². The molecule has 1 aliphatic heterocycles. The molecule has 1 atom stereocenters. The van der Waals surface area contributed by atoms with Crippen molar-refractivity contribution in [3.05, 3.63) is 77.9 Å². The second-order valence-electron chi connectivity index (χ2n) is 10.5. The van der Waals surface area contributed by atoms with E-state index < -0.39 is 8.07 Å². The molecule has 4 heteroatoms. The molecular formula is C27H39BO2Si. The molecule has 0 aromatic heterocycles. The number of allylic oxidation sites excluding steroid dienone is 2. The largest absolute Gasteiger partial charge is 0.457 e.